The van der Waals surface area contributed by atoms with Gasteiger partial charge in [-0.05, 0) is 37.1 Å². The molecule has 0 saturated carbocycles. The molecular weight excluding hydrogens is 214 g/mol. The third-order valence-electron chi connectivity index (χ3n) is 3.30. The van der Waals surface area contributed by atoms with Crippen LogP contribution >= 0.6 is 11.3 Å². The first-order valence-corrected chi connectivity index (χ1v) is 7.21. The zero-order valence-corrected chi connectivity index (χ0v) is 10.6. The number of thiophene rings is 1. The lowest BCUT2D eigenvalue weighted by Gasteiger charge is -2.17. The molecule has 0 bridgehead atoms. The average Bonchev–Trinajstić information content (AvgIpc) is 2.69. The molecule has 0 fully saturated rings. The molecular formula is C14H21NS. The van der Waals surface area contributed by atoms with Gasteiger partial charge in [0.05, 0.1) is 0 Å². The van der Waals surface area contributed by atoms with Crippen molar-refractivity contribution in [2.24, 2.45) is 5.73 Å². The molecule has 1 heterocycles. The molecule has 1 unspecified atom stereocenters. The summed E-state index contributed by atoms with van der Waals surface area (Å²) in [5.74, 6) is 0. The maximum atomic E-state index is 6.30. The van der Waals surface area contributed by atoms with Crippen LogP contribution in [-0.2, 0) is 6.42 Å². The predicted molar refractivity (Wildman–Crippen MR) is 71.8 cm³/mol. The standard InChI is InChI=1S/C14H21NS/c15-14(11-13-9-6-10-16-13)12-7-4-2-1-3-5-8-12/h6-7,9-10,14H,1-5,8,11,15H2/b12-7+. The Morgan fingerprint density at radius 1 is 1.25 bits per heavy atom. The van der Waals surface area contributed by atoms with E-state index in [-0.39, 0.29) is 6.04 Å². The Hall–Kier alpha value is -0.600. The van der Waals surface area contributed by atoms with Crippen LogP contribution in [0.1, 0.15) is 43.4 Å². The quantitative estimate of drug-likeness (QED) is 0.790. The number of hydrogen-bond donors (Lipinski definition) is 1. The van der Waals surface area contributed by atoms with E-state index in [4.69, 9.17) is 5.73 Å². The summed E-state index contributed by atoms with van der Waals surface area (Å²) in [6.07, 6.45) is 11.3. The van der Waals surface area contributed by atoms with Gasteiger partial charge in [0.1, 0.15) is 0 Å². The van der Waals surface area contributed by atoms with Crippen molar-refractivity contribution in [1.82, 2.24) is 0 Å². The Bertz CT molecular complexity index is 327. The molecule has 0 aliphatic heterocycles. The van der Waals surface area contributed by atoms with Crippen molar-refractivity contribution in [1.29, 1.82) is 0 Å². The summed E-state index contributed by atoms with van der Waals surface area (Å²) in [5.41, 5.74) is 7.79. The van der Waals surface area contributed by atoms with E-state index in [0.29, 0.717) is 0 Å². The summed E-state index contributed by atoms with van der Waals surface area (Å²) in [6.45, 7) is 0. The molecule has 1 aliphatic rings. The van der Waals surface area contributed by atoms with Gasteiger partial charge in [0.15, 0.2) is 0 Å². The summed E-state index contributed by atoms with van der Waals surface area (Å²) in [5, 5.41) is 2.13. The van der Waals surface area contributed by atoms with E-state index in [9.17, 15) is 0 Å². The second kappa shape index (κ2) is 6.21. The fraction of sp³-hybridized carbons (Fsp3) is 0.571. The van der Waals surface area contributed by atoms with Crippen LogP contribution in [0, 0.1) is 0 Å². The second-order valence-corrected chi connectivity index (χ2v) is 5.65. The first-order valence-electron chi connectivity index (χ1n) is 6.33. The van der Waals surface area contributed by atoms with Crippen LogP contribution in [0.3, 0.4) is 0 Å². The molecule has 1 nitrogen and oxygen atoms in total. The van der Waals surface area contributed by atoms with Gasteiger partial charge < -0.3 is 5.73 Å². The van der Waals surface area contributed by atoms with Crippen LogP contribution < -0.4 is 5.73 Å². The van der Waals surface area contributed by atoms with Crippen molar-refractivity contribution in [3.8, 4) is 0 Å². The molecule has 16 heavy (non-hydrogen) atoms. The van der Waals surface area contributed by atoms with E-state index in [1.807, 2.05) is 11.3 Å². The van der Waals surface area contributed by atoms with Crippen LogP contribution in [0.2, 0.25) is 0 Å². The van der Waals surface area contributed by atoms with Crippen LogP contribution in [0.4, 0.5) is 0 Å². The van der Waals surface area contributed by atoms with Gasteiger partial charge in [0.25, 0.3) is 0 Å². The van der Waals surface area contributed by atoms with Gasteiger partial charge in [-0.2, -0.15) is 0 Å². The number of nitrogens with two attached hydrogens (primary N) is 1. The lowest BCUT2D eigenvalue weighted by Crippen LogP contribution is -2.25. The smallest absolute Gasteiger partial charge is 0.0302 e. The number of hydrogen-bond acceptors (Lipinski definition) is 2. The monoisotopic (exact) mass is 235 g/mol. The van der Waals surface area contributed by atoms with Crippen molar-refractivity contribution in [2.45, 2.75) is 51.0 Å². The molecule has 1 atom stereocenters. The highest BCUT2D eigenvalue weighted by atomic mass is 32.1. The van der Waals surface area contributed by atoms with Gasteiger partial charge >= 0.3 is 0 Å². The van der Waals surface area contributed by atoms with E-state index >= 15 is 0 Å². The Balaban J connectivity index is 1.94. The fourth-order valence-electron chi connectivity index (χ4n) is 2.33. The Kier molecular flexibility index (Phi) is 4.61. The zero-order valence-electron chi connectivity index (χ0n) is 9.82. The first kappa shape index (κ1) is 11.9. The number of allylic oxidation sites excluding steroid dienone is 1. The molecule has 2 N–H and O–H groups in total. The van der Waals surface area contributed by atoms with E-state index < -0.39 is 0 Å². The summed E-state index contributed by atoms with van der Waals surface area (Å²) in [7, 11) is 0. The highest BCUT2D eigenvalue weighted by Crippen LogP contribution is 2.21. The highest BCUT2D eigenvalue weighted by Gasteiger charge is 2.11. The van der Waals surface area contributed by atoms with Gasteiger partial charge in [-0.3, -0.25) is 0 Å². The molecule has 0 saturated heterocycles. The summed E-state index contributed by atoms with van der Waals surface area (Å²) < 4.78 is 0. The minimum Gasteiger partial charge on any atom is -0.324 e. The van der Waals surface area contributed by atoms with Gasteiger partial charge in [-0.15, -0.1) is 11.3 Å². The Labute approximate surface area is 102 Å². The van der Waals surface area contributed by atoms with Gasteiger partial charge in [0, 0.05) is 17.3 Å². The van der Waals surface area contributed by atoms with Crippen molar-refractivity contribution < 1.29 is 0 Å². The Morgan fingerprint density at radius 3 is 2.94 bits per heavy atom. The second-order valence-electron chi connectivity index (χ2n) is 4.62. The van der Waals surface area contributed by atoms with Gasteiger partial charge in [0.2, 0.25) is 0 Å². The van der Waals surface area contributed by atoms with Crippen LogP contribution in [0.25, 0.3) is 0 Å². The van der Waals surface area contributed by atoms with Gasteiger partial charge in [-0.25, -0.2) is 0 Å². The highest BCUT2D eigenvalue weighted by molar-refractivity contribution is 7.09. The van der Waals surface area contributed by atoms with Crippen LogP contribution in [0.5, 0.6) is 0 Å². The van der Waals surface area contributed by atoms with E-state index in [1.54, 1.807) is 0 Å². The van der Waals surface area contributed by atoms with E-state index in [1.165, 1.54) is 49.0 Å². The van der Waals surface area contributed by atoms with Crippen LogP contribution in [-0.4, -0.2) is 6.04 Å². The first-order chi connectivity index (χ1) is 7.86. The lowest BCUT2D eigenvalue weighted by atomic mass is 9.93. The van der Waals surface area contributed by atoms with E-state index in [2.05, 4.69) is 23.6 Å². The molecule has 88 valence electrons. The number of rotatable bonds is 3. The molecule has 2 rings (SSSR count). The average molecular weight is 235 g/mol. The van der Waals surface area contributed by atoms with Crippen molar-refractivity contribution in [3.63, 3.8) is 0 Å². The molecule has 1 aromatic heterocycles. The maximum Gasteiger partial charge on any atom is 0.0302 e. The molecule has 2 heteroatoms. The SMILES string of the molecule is NC(Cc1cccs1)/C1=C/CCCCCC1. The Morgan fingerprint density at radius 2 is 2.12 bits per heavy atom. The summed E-state index contributed by atoms with van der Waals surface area (Å²) in [6, 6.07) is 4.55. The van der Waals surface area contributed by atoms with Crippen molar-refractivity contribution in [3.05, 3.63) is 34.0 Å². The minimum atomic E-state index is 0.247. The fourth-order valence-corrected chi connectivity index (χ4v) is 3.09. The third kappa shape index (κ3) is 3.46. The predicted octanol–water partition coefficient (Wildman–Crippen LogP) is 3.90. The summed E-state index contributed by atoms with van der Waals surface area (Å²) >= 11 is 1.82. The minimum absolute atomic E-state index is 0.247. The normalized spacial score (nSPS) is 22.9. The largest absolute Gasteiger partial charge is 0.324 e. The van der Waals surface area contributed by atoms with E-state index in [0.717, 1.165) is 6.42 Å². The molecule has 0 spiro atoms. The molecule has 1 aromatic rings. The van der Waals surface area contributed by atoms with Gasteiger partial charge in [-0.1, -0.05) is 30.6 Å². The lowest BCUT2D eigenvalue weighted by molar-refractivity contribution is 0.595. The van der Waals surface area contributed by atoms with Crippen LogP contribution in [0.15, 0.2) is 29.2 Å². The zero-order chi connectivity index (χ0) is 11.2. The molecule has 0 radical (unpaired) electrons. The van der Waals surface area contributed by atoms with Crippen molar-refractivity contribution in [2.75, 3.05) is 0 Å². The van der Waals surface area contributed by atoms with Crippen molar-refractivity contribution >= 4 is 11.3 Å². The maximum absolute atomic E-state index is 6.30. The molecule has 0 amide bonds. The summed E-state index contributed by atoms with van der Waals surface area (Å²) in [4.78, 5) is 1.41. The topological polar surface area (TPSA) is 26.0 Å². The molecule has 1 aliphatic carbocycles. The molecule has 0 aromatic carbocycles. The third-order valence-corrected chi connectivity index (χ3v) is 4.20.